The van der Waals surface area contributed by atoms with Crippen LogP contribution in [0.2, 0.25) is 0 Å². The van der Waals surface area contributed by atoms with Crippen molar-refractivity contribution < 1.29 is 14.0 Å². The fourth-order valence-corrected chi connectivity index (χ4v) is 5.24. The van der Waals surface area contributed by atoms with E-state index in [1.165, 1.54) is 35.2 Å². The Morgan fingerprint density at radius 2 is 1.77 bits per heavy atom. The molecule has 0 spiro atoms. The van der Waals surface area contributed by atoms with Gasteiger partial charge in [0.25, 0.3) is 5.56 Å². The maximum atomic E-state index is 14.5. The lowest BCUT2D eigenvalue weighted by Crippen LogP contribution is -2.50. The first kappa shape index (κ1) is 22.9. The monoisotopic (exact) mass is 490 g/mol. The summed E-state index contributed by atoms with van der Waals surface area (Å²) in [5.74, 6) is -0.819. The molecule has 0 atom stereocenters. The third-order valence-electron chi connectivity index (χ3n) is 6.21. The number of benzene rings is 2. The maximum Gasteiger partial charge on any atom is 0.262 e. The first-order valence-electron chi connectivity index (χ1n) is 11.3. The summed E-state index contributed by atoms with van der Waals surface area (Å²) in [7, 11) is 0. The Morgan fingerprint density at radius 1 is 1.03 bits per heavy atom. The zero-order valence-electron chi connectivity index (χ0n) is 19.1. The standard InChI is InChI=1S/C26H23FN4O3S/c1-17(32)19-7-8-22(21(27)13-19)29-9-11-30(12-10-29)24(33)15-31-16-28-25-20(26(31)34)14-23(35-25)18-5-3-2-4-6-18/h2-8,13-14,16H,9-12,15H2,1H3. The van der Waals surface area contributed by atoms with Crippen LogP contribution in [0.1, 0.15) is 17.3 Å². The van der Waals surface area contributed by atoms with Crippen LogP contribution in [0.5, 0.6) is 0 Å². The SMILES string of the molecule is CC(=O)c1ccc(N2CCN(C(=O)Cn3cnc4sc(-c5ccccc5)cc4c3=O)CC2)c(F)c1. The topological polar surface area (TPSA) is 75.5 Å². The molecule has 7 nitrogen and oxygen atoms in total. The molecule has 35 heavy (non-hydrogen) atoms. The van der Waals surface area contributed by atoms with E-state index in [9.17, 15) is 18.8 Å². The average molecular weight is 491 g/mol. The molecule has 1 fully saturated rings. The minimum atomic E-state index is -0.450. The number of hydrogen-bond donors (Lipinski definition) is 0. The van der Waals surface area contributed by atoms with E-state index in [1.54, 1.807) is 17.0 Å². The minimum absolute atomic E-state index is 0.0973. The number of nitrogens with zero attached hydrogens (tertiary/aromatic N) is 4. The molecule has 2 aromatic carbocycles. The summed E-state index contributed by atoms with van der Waals surface area (Å²) in [6.07, 6.45) is 1.43. The molecule has 0 saturated carbocycles. The van der Waals surface area contributed by atoms with Crippen molar-refractivity contribution in [3.8, 4) is 10.4 Å². The molecule has 0 radical (unpaired) electrons. The Morgan fingerprint density at radius 3 is 2.46 bits per heavy atom. The van der Waals surface area contributed by atoms with Gasteiger partial charge < -0.3 is 9.80 Å². The van der Waals surface area contributed by atoms with Gasteiger partial charge in [0.05, 0.1) is 17.4 Å². The van der Waals surface area contributed by atoms with Crippen molar-refractivity contribution in [1.82, 2.24) is 14.5 Å². The number of piperazine rings is 1. The number of thiophene rings is 1. The lowest BCUT2D eigenvalue weighted by Gasteiger charge is -2.36. The van der Waals surface area contributed by atoms with Gasteiger partial charge in [-0.1, -0.05) is 30.3 Å². The highest BCUT2D eigenvalue weighted by Crippen LogP contribution is 2.30. The quantitative estimate of drug-likeness (QED) is 0.398. The van der Waals surface area contributed by atoms with Gasteiger partial charge in [0.1, 0.15) is 17.2 Å². The Balaban J connectivity index is 1.27. The number of anilines is 1. The largest absolute Gasteiger partial charge is 0.366 e. The molecule has 0 aliphatic carbocycles. The van der Waals surface area contributed by atoms with E-state index in [2.05, 4.69) is 4.98 Å². The fourth-order valence-electron chi connectivity index (χ4n) is 4.24. The zero-order valence-corrected chi connectivity index (χ0v) is 19.9. The van der Waals surface area contributed by atoms with Crippen molar-refractivity contribution in [2.24, 2.45) is 0 Å². The van der Waals surface area contributed by atoms with Gasteiger partial charge in [0.2, 0.25) is 5.91 Å². The van der Waals surface area contributed by atoms with Crippen LogP contribution in [0.4, 0.5) is 10.1 Å². The van der Waals surface area contributed by atoms with Gasteiger partial charge in [-0.05, 0) is 36.8 Å². The van der Waals surface area contributed by atoms with Gasteiger partial charge in [-0.3, -0.25) is 19.0 Å². The molecule has 4 aromatic rings. The Bertz CT molecular complexity index is 1470. The molecule has 1 aliphatic rings. The number of aromatic nitrogens is 2. The smallest absolute Gasteiger partial charge is 0.262 e. The Hall–Kier alpha value is -3.85. The molecule has 3 heterocycles. The number of hydrogen-bond acceptors (Lipinski definition) is 6. The Labute approximate surface area is 205 Å². The molecule has 2 aromatic heterocycles. The van der Waals surface area contributed by atoms with E-state index in [0.717, 1.165) is 10.4 Å². The van der Waals surface area contributed by atoms with E-state index in [0.29, 0.717) is 47.6 Å². The van der Waals surface area contributed by atoms with E-state index < -0.39 is 5.82 Å². The van der Waals surface area contributed by atoms with Crippen LogP contribution in [0.15, 0.2) is 65.7 Å². The summed E-state index contributed by atoms with van der Waals surface area (Å²) >= 11 is 1.45. The average Bonchev–Trinajstić information content (AvgIpc) is 3.32. The number of halogens is 1. The van der Waals surface area contributed by atoms with E-state index in [1.807, 2.05) is 41.3 Å². The summed E-state index contributed by atoms with van der Waals surface area (Å²) in [6.45, 7) is 3.04. The molecule has 0 N–H and O–H groups in total. The number of fused-ring (bicyclic) bond motifs is 1. The second-order valence-corrected chi connectivity index (χ2v) is 9.49. The Kier molecular flexibility index (Phi) is 6.17. The molecule has 178 valence electrons. The van der Waals surface area contributed by atoms with E-state index in [-0.39, 0.29) is 23.8 Å². The maximum absolute atomic E-state index is 14.5. The lowest BCUT2D eigenvalue weighted by atomic mass is 10.1. The second-order valence-electron chi connectivity index (χ2n) is 8.46. The van der Waals surface area contributed by atoms with Crippen molar-refractivity contribution in [3.05, 3.63) is 82.7 Å². The number of Topliss-reactive ketones (excluding diaryl/α,β-unsaturated/α-hetero) is 1. The van der Waals surface area contributed by atoms with Gasteiger partial charge >= 0.3 is 0 Å². The van der Waals surface area contributed by atoms with Crippen molar-refractivity contribution in [2.75, 3.05) is 31.1 Å². The zero-order chi connectivity index (χ0) is 24.5. The summed E-state index contributed by atoms with van der Waals surface area (Å²) < 4.78 is 15.8. The number of ketones is 1. The summed E-state index contributed by atoms with van der Waals surface area (Å²) in [5.41, 5.74) is 1.52. The number of amides is 1. The molecule has 9 heteroatoms. The first-order chi connectivity index (χ1) is 16.9. The number of rotatable bonds is 5. The molecular formula is C26H23FN4O3S. The first-order valence-corrected chi connectivity index (χ1v) is 12.1. The third kappa shape index (κ3) is 4.59. The minimum Gasteiger partial charge on any atom is -0.366 e. The van der Waals surface area contributed by atoms with Gasteiger partial charge in [-0.25, -0.2) is 9.37 Å². The van der Waals surface area contributed by atoms with E-state index >= 15 is 0 Å². The molecule has 1 amide bonds. The normalized spacial score (nSPS) is 13.9. The highest BCUT2D eigenvalue weighted by Gasteiger charge is 2.24. The van der Waals surface area contributed by atoms with Crippen LogP contribution in [-0.4, -0.2) is 52.3 Å². The molecule has 0 bridgehead atoms. The van der Waals surface area contributed by atoms with Crippen molar-refractivity contribution >= 4 is 38.9 Å². The predicted octanol–water partition coefficient (Wildman–Crippen LogP) is 3.82. The van der Waals surface area contributed by atoms with Gasteiger partial charge in [0, 0.05) is 36.6 Å². The summed E-state index contributed by atoms with van der Waals surface area (Å²) in [4.78, 5) is 47.0. The third-order valence-corrected chi connectivity index (χ3v) is 7.30. The number of carbonyl (C=O) groups is 2. The molecular weight excluding hydrogens is 467 g/mol. The van der Waals surface area contributed by atoms with Crippen LogP contribution >= 0.6 is 11.3 Å². The fraction of sp³-hybridized carbons (Fsp3) is 0.231. The van der Waals surface area contributed by atoms with E-state index in [4.69, 9.17) is 0 Å². The molecule has 1 aliphatic heterocycles. The predicted molar refractivity (Wildman–Crippen MR) is 135 cm³/mol. The van der Waals surface area contributed by atoms with Crippen LogP contribution in [0.25, 0.3) is 20.7 Å². The van der Waals surface area contributed by atoms with Crippen molar-refractivity contribution in [3.63, 3.8) is 0 Å². The highest BCUT2D eigenvalue weighted by atomic mass is 32.1. The van der Waals surface area contributed by atoms with Crippen LogP contribution in [0, 0.1) is 5.82 Å². The van der Waals surface area contributed by atoms with Crippen LogP contribution < -0.4 is 10.5 Å². The van der Waals surface area contributed by atoms with Crippen LogP contribution in [0.3, 0.4) is 0 Å². The van der Waals surface area contributed by atoms with Crippen molar-refractivity contribution in [2.45, 2.75) is 13.5 Å². The summed E-state index contributed by atoms with van der Waals surface area (Å²) in [5, 5.41) is 0.499. The molecule has 0 unspecified atom stereocenters. The highest BCUT2D eigenvalue weighted by molar-refractivity contribution is 7.21. The lowest BCUT2D eigenvalue weighted by molar-refractivity contribution is -0.132. The number of carbonyl (C=O) groups excluding carboxylic acids is 2. The molecule has 5 rings (SSSR count). The van der Waals surface area contributed by atoms with Gasteiger partial charge in [-0.15, -0.1) is 11.3 Å². The van der Waals surface area contributed by atoms with Gasteiger partial charge in [-0.2, -0.15) is 0 Å². The molecule has 1 saturated heterocycles. The van der Waals surface area contributed by atoms with Gasteiger partial charge in [0.15, 0.2) is 5.78 Å². The summed E-state index contributed by atoms with van der Waals surface area (Å²) in [6, 6.07) is 16.1. The second kappa shape index (κ2) is 9.42. The van der Waals surface area contributed by atoms with Crippen LogP contribution in [-0.2, 0) is 11.3 Å². The van der Waals surface area contributed by atoms with Crippen molar-refractivity contribution in [1.29, 1.82) is 0 Å².